The molecule has 1 aromatic heterocycles. The van der Waals surface area contributed by atoms with Crippen LogP contribution in [-0.4, -0.2) is 31.0 Å². The predicted molar refractivity (Wildman–Crippen MR) is 101 cm³/mol. The summed E-state index contributed by atoms with van der Waals surface area (Å²) >= 11 is 0. The maximum Gasteiger partial charge on any atom is 0.281 e. The van der Waals surface area contributed by atoms with Gasteiger partial charge < -0.3 is 19.8 Å². The lowest BCUT2D eigenvalue weighted by atomic mass is 10.1. The smallest absolute Gasteiger partial charge is 0.281 e. The normalized spacial score (nSPS) is 18.1. The summed E-state index contributed by atoms with van der Waals surface area (Å²) in [7, 11) is 0. The van der Waals surface area contributed by atoms with E-state index in [1.807, 2.05) is 30.3 Å². The van der Waals surface area contributed by atoms with E-state index in [1.165, 1.54) is 19.1 Å². The van der Waals surface area contributed by atoms with Crippen molar-refractivity contribution < 1.29 is 27.1 Å². The highest BCUT2D eigenvalue weighted by molar-refractivity contribution is 6.07. The molecule has 0 bridgehead atoms. The molecule has 1 atom stereocenters. The highest BCUT2D eigenvalue weighted by atomic mass is 19.3. The van der Waals surface area contributed by atoms with Crippen LogP contribution in [0, 0.1) is 12.7 Å². The van der Waals surface area contributed by atoms with E-state index in [2.05, 4.69) is 10.6 Å². The number of carbonyl (C=O) groups is 1. The van der Waals surface area contributed by atoms with Crippen molar-refractivity contribution in [2.75, 3.05) is 13.1 Å². The van der Waals surface area contributed by atoms with E-state index >= 15 is 0 Å². The number of aryl methyl sites for hydroxylation is 1. The van der Waals surface area contributed by atoms with E-state index in [4.69, 9.17) is 9.15 Å². The molecule has 3 aromatic rings. The number of carbonyl (C=O) groups excluding carboxylic acids is 1. The fraction of sp³-hybridized carbons (Fsp3) is 0.286. The third-order valence-electron chi connectivity index (χ3n) is 4.89. The van der Waals surface area contributed by atoms with Crippen LogP contribution in [0.1, 0.15) is 21.7 Å². The largest absolute Gasteiger partial charge is 0.489 e. The molecule has 2 N–H and O–H groups in total. The van der Waals surface area contributed by atoms with Gasteiger partial charge in [-0.3, -0.25) is 4.79 Å². The Morgan fingerprint density at radius 1 is 1.31 bits per heavy atom. The maximum absolute atomic E-state index is 14.5. The molecule has 1 aliphatic rings. The number of amides is 1. The Bertz CT molecular complexity index is 1050. The lowest BCUT2D eigenvalue weighted by molar-refractivity contribution is -0.00247. The van der Waals surface area contributed by atoms with Crippen molar-refractivity contribution in [3.8, 4) is 5.75 Å². The minimum Gasteiger partial charge on any atom is -0.489 e. The molecule has 1 fully saturated rings. The van der Waals surface area contributed by atoms with E-state index in [9.17, 15) is 18.0 Å². The Balaban J connectivity index is 1.62. The van der Waals surface area contributed by atoms with Gasteiger partial charge in [0.05, 0.1) is 12.1 Å². The number of hydrogen-bond acceptors (Lipinski definition) is 4. The first-order valence-corrected chi connectivity index (χ1v) is 9.14. The maximum atomic E-state index is 14.5. The molecule has 8 heteroatoms. The van der Waals surface area contributed by atoms with E-state index < -0.39 is 30.2 Å². The first kappa shape index (κ1) is 19.3. The molecular formula is C21H19F3N2O3. The highest BCUT2D eigenvalue weighted by Crippen LogP contribution is 2.32. The topological polar surface area (TPSA) is 63.5 Å². The van der Waals surface area contributed by atoms with Gasteiger partial charge in [-0.1, -0.05) is 30.3 Å². The number of rotatable bonds is 5. The standard InChI is InChI=1S/C21H19F3N2O3/c1-12-18(20(27)26-17-9-25-11-21(17,23)24)15-7-14(8-16(22)19(15)29-12)28-10-13-5-3-2-4-6-13/h2-8,17,25H,9-11H2,1H3,(H,26,27). The molecule has 1 unspecified atom stereocenters. The minimum atomic E-state index is -3.06. The van der Waals surface area contributed by atoms with E-state index in [-0.39, 0.29) is 41.2 Å². The van der Waals surface area contributed by atoms with Crippen molar-refractivity contribution in [3.05, 3.63) is 65.2 Å². The van der Waals surface area contributed by atoms with Crippen LogP contribution >= 0.6 is 0 Å². The lowest BCUT2D eigenvalue weighted by Crippen LogP contribution is -2.46. The fourth-order valence-electron chi connectivity index (χ4n) is 3.40. The lowest BCUT2D eigenvalue weighted by Gasteiger charge is -2.19. The van der Waals surface area contributed by atoms with Crippen LogP contribution in [0.2, 0.25) is 0 Å². The second-order valence-electron chi connectivity index (χ2n) is 7.01. The zero-order valence-corrected chi connectivity index (χ0v) is 15.6. The van der Waals surface area contributed by atoms with Crippen LogP contribution in [0.3, 0.4) is 0 Å². The Morgan fingerprint density at radius 2 is 2.07 bits per heavy atom. The molecule has 0 aliphatic carbocycles. The number of hydrogen-bond donors (Lipinski definition) is 2. The fourth-order valence-corrected chi connectivity index (χ4v) is 3.40. The number of fused-ring (bicyclic) bond motifs is 1. The van der Waals surface area contributed by atoms with Crippen molar-refractivity contribution in [1.82, 2.24) is 10.6 Å². The third-order valence-corrected chi connectivity index (χ3v) is 4.89. The SMILES string of the molecule is Cc1oc2c(F)cc(OCc3ccccc3)cc2c1C(=O)NC1CNCC1(F)F. The zero-order valence-electron chi connectivity index (χ0n) is 15.6. The quantitative estimate of drug-likeness (QED) is 0.679. The molecule has 0 saturated carbocycles. The Kier molecular flexibility index (Phi) is 4.96. The minimum absolute atomic E-state index is 0.0201. The molecule has 5 nitrogen and oxygen atoms in total. The molecule has 0 radical (unpaired) electrons. The van der Waals surface area contributed by atoms with Gasteiger partial charge in [-0.05, 0) is 18.6 Å². The molecule has 1 aliphatic heterocycles. The number of benzene rings is 2. The van der Waals surface area contributed by atoms with Gasteiger partial charge in [0.1, 0.15) is 24.2 Å². The molecule has 2 aromatic carbocycles. The number of nitrogens with one attached hydrogen (secondary N) is 2. The molecule has 4 rings (SSSR count). The number of alkyl halides is 2. The molecule has 152 valence electrons. The van der Waals surface area contributed by atoms with E-state index in [0.29, 0.717) is 0 Å². The number of furan rings is 1. The van der Waals surface area contributed by atoms with Crippen LogP contribution < -0.4 is 15.4 Å². The molecule has 2 heterocycles. The summed E-state index contributed by atoms with van der Waals surface area (Å²) in [6.45, 7) is 1.15. The Morgan fingerprint density at radius 3 is 2.76 bits per heavy atom. The molecular weight excluding hydrogens is 385 g/mol. The average molecular weight is 404 g/mol. The van der Waals surface area contributed by atoms with Crippen LogP contribution in [0.4, 0.5) is 13.2 Å². The second-order valence-corrected chi connectivity index (χ2v) is 7.01. The summed E-state index contributed by atoms with van der Waals surface area (Å²) in [5, 5.41) is 5.05. The summed E-state index contributed by atoms with van der Waals surface area (Å²) in [5.41, 5.74) is 0.799. The van der Waals surface area contributed by atoms with E-state index in [1.54, 1.807) is 0 Å². The zero-order chi connectivity index (χ0) is 20.6. The predicted octanol–water partition coefficient (Wildman–Crippen LogP) is 3.80. The van der Waals surface area contributed by atoms with Crippen molar-refractivity contribution in [2.45, 2.75) is 25.5 Å². The molecule has 0 spiro atoms. The van der Waals surface area contributed by atoms with Gasteiger partial charge in [0, 0.05) is 18.0 Å². The van der Waals surface area contributed by atoms with Gasteiger partial charge >= 0.3 is 0 Å². The van der Waals surface area contributed by atoms with Gasteiger partial charge in [0.15, 0.2) is 11.4 Å². The van der Waals surface area contributed by atoms with Gasteiger partial charge in [-0.15, -0.1) is 0 Å². The number of halogens is 3. The molecule has 29 heavy (non-hydrogen) atoms. The van der Waals surface area contributed by atoms with Gasteiger partial charge in [0.25, 0.3) is 11.8 Å². The summed E-state index contributed by atoms with van der Waals surface area (Å²) in [5.74, 6) is -4.14. The first-order valence-electron chi connectivity index (χ1n) is 9.14. The van der Waals surface area contributed by atoms with Crippen molar-refractivity contribution in [3.63, 3.8) is 0 Å². The summed E-state index contributed by atoms with van der Waals surface area (Å²) < 4.78 is 53.2. The van der Waals surface area contributed by atoms with Crippen molar-refractivity contribution in [1.29, 1.82) is 0 Å². The first-order chi connectivity index (χ1) is 13.8. The van der Waals surface area contributed by atoms with Crippen LogP contribution in [0.15, 0.2) is 46.9 Å². The van der Waals surface area contributed by atoms with Crippen LogP contribution in [0.25, 0.3) is 11.0 Å². The van der Waals surface area contributed by atoms with Gasteiger partial charge in [-0.2, -0.15) is 0 Å². The second kappa shape index (κ2) is 7.44. The summed E-state index contributed by atoms with van der Waals surface area (Å²) in [6.07, 6.45) is 0. The third kappa shape index (κ3) is 3.80. The van der Waals surface area contributed by atoms with Crippen molar-refractivity contribution in [2.24, 2.45) is 0 Å². The number of ether oxygens (including phenoxy) is 1. The van der Waals surface area contributed by atoms with Gasteiger partial charge in [0.2, 0.25) is 0 Å². The van der Waals surface area contributed by atoms with E-state index in [0.717, 1.165) is 5.56 Å². The summed E-state index contributed by atoms with van der Waals surface area (Å²) in [6, 6.07) is 10.6. The van der Waals surface area contributed by atoms with Crippen molar-refractivity contribution >= 4 is 16.9 Å². The van der Waals surface area contributed by atoms with Crippen LogP contribution in [-0.2, 0) is 6.61 Å². The monoisotopic (exact) mass is 404 g/mol. The Labute approximate surface area is 164 Å². The highest BCUT2D eigenvalue weighted by Gasteiger charge is 2.45. The Hall–Kier alpha value is -3.00. The summed E-state index contributed by atoms with van der Waals surface area (Å²) in [4.78, 5) is 12.7. The molecule has 1 saturated heterocycles. The average Bonchev–Trinajstić information content (AvgIpc) is 3.19. The van der Waals surface area contributed by atoms with Crippen LogP contribution in [0.5, 0.6) is 5.75 Å². The molecule has 1 amide bonds. The van der Waals surface area contributed by atoms with Gasteiger partial charge in [-0.25, -0.2) is 13.2 Å².